The fraction of sp³-hybridized carbons (Fsp3) is 0.147. The number of benzene rings is 3. The molecule has 44 heavy (non-hydrogen) atoms. The van der Waals surface area contributed by atoms with Crippen LogP contribution in [0.1, 0.15) is 33.0 Å². The van der Waals surface area contributed by atoms with Crippen LogP contribution in [0.2, 0.25) is 0 Å². The smallest absolute Gasteiger partial charge is 0.355 e. The zero-order chi connectivity index (χ0) is 31.7. The lowest BCUT2D eigenvalue weighted by atomic mass is 9.81. The van der Waals surface area contributed by atoms with Crippen LogP contribution in [0.3, 0.4) is 0 Å². The molecule has 0 spiro atoms. The molecule has 4 aromatic rings. The fourth-order valence-electron chi connectivity index (χ4n) is 5.57. The minimum absolute atomic E-state index is 0.0430. The number of carbonyl (C=O) groups excluding carboxylic acids is 2. The van der Waals surface area contributed by atoms with Gasteiger partial charge in [-0.15, -0.1) is 0 Å². The molecule has 1 aromatic heterocycles. The van der Waals surface area contributed by atoms with E-state index in [0.717, 1.165) is 11.1 Å². The predicted molar refractivity (Wildman–Crippen MR) is 163 cm³/mol. The van der Waals surface area contributed by atoms with E-state index in [9.17, 15) is 24.8 Å². The molecule has 5 rings (SSSR count). The number of nitrogens with zero attached hydrogens (tertiary/aromatic N) is 3. The van der Waals surface area contributed by atoms with E-state index in [1.807, 2.05) is 19.9 Å². The second-order valence-electron chi connectivity index (χ2n) is 10.2. The van der Waals surface area contributed by atoms with Gasteiger partial charge in [0.1, 0.15) is 11.5 Å². The molecule has 0 saturated carbocycles. The molecule has 1 unspecified atom stereocenters. The zero-order valence-electron chi connectivity index (χ0n) is 24.4. The van der Waals surface area contributed by atoms with Crippen LogP contribution in [-0.2, 0) is 19.1 Å². The van der Waals surface area contributed by atoms with Crippen molar-refractivity contribution in [2.45, 2.75) is 19.8 Å². The van der Waals surface area contributed by atoms with Crippen molar-refractivity contribution in [1.29, 1.82) is 5.26 Å². The quantitative estimate of drug-likeness (QED) is 0.290. The van der Waals surface area contributed by atoms with E-state index in [1.54, 1.807) is 60.7 Å². The van der Waals surface area contributed by atoms with Crippen LogP contribution in [0.5, 0.6) is 0 Å². The number of carboxylic acid groups (broad SMARTS) is 1. The lowest BCUT2D eigenvalue weighted by Crippen LogP contribution is -2.40. The van der Waals surface area contributed by atoms with Crippen molar-refractivity contribution in [3.63, 3.8) is 0 Å². The third-order valence-electron chi connectivity index (χ3n) is 7.51. The van der Waals surface area contributed by atoms with Crippen LogP contribution >= 0.6 is 0 Å². The summed E-state index contributed by atoms with van der Waals surface area (Å²) in [6.45, 7) is 3.77. The van der Waals surface area contributed by atoms with E-state index >= 15 is 0 Å². The molecular formula is C34H28N4O6. The highest BCUT2D eigenvalue weighted by molar-refractivity contribution is 6.07. The van der Waals surface area contributed by atoms with E-state index < -0.39 is 23.8 Å². The van der Waals surface area contributed by atoms with Crippen molar-refractivity contribution < 1.29 is 29.0 Å². The van der Waals surface area contributed by atoms with Gasteiger partial charge in [-0.1, -0.05) is 54.1 Å². The Kier molecular flexibility index (Phi) is 7.88. The second-order valence-corrected chi connectivity index (χ2v) is 10.2. The summed E-state index contributed by atoms with van der Waals surface area (Å²) >= 11 is 0. The Balaban J connectivity index is 1.70. The Morgan fingerprint density at radius 2 is 1.61 bits per heavy atom. The molecule has 0 bridgehead atoms. The number of hydrogen-bond acceptors (Lipinski definition) is 9. The number of ether oxygens (including phenoxy) is 2. The first-order valence-electron chi connectivity index (χ1n) is 13.5. The van der Waals surface area contributed by atoms with Gasteiger partial charge in [0.25, 0.3) is 0 Å². The molecule has 1 atom stereocenters. The number of carbonyl (C=O) groups is 3. The normalized spacial score (nSPS) is 14.8. The highest BCUT2D eigenvalue weighted by Crippen LogP contribution is 2.43. The number of esters is 2. The lowest BCUT2D eigenvalue weighted by molar-refractivity contribution is -0.139. The molecule has 0 radical (unpaired) electrons. The minimum Gasteiger partial charge on any atom is -0.478 e. The summed E-state index contributed by atoms with van der Waals surface area (Å²) in [5.41, 5.74) is 10.7. The molecule has 2 heterocycles. The maximum Gasteiger partial charge on any atom is 0.355 e. The van der Waals surface area contributed by atoms with Crippen molar-refractivity contribution >= 4 is 34.5 Å². The minimum atomic E-state index is -1.08. The summed E-state index contributed by atoms with van der Waals surface area (Å²) < 4.78 is 10.2. The average Bonchev–Trinajstić information content (AvgIpc) is 3.03. The van der Waals surface area contributed by atoms with Gasteiger partial charge in [-0.3, -0.25) is 4.90 Å². The molecule has 10 heteroatoms. The number of nitrogens with two attached hydrogens (primary N) is 1. The van der Waals surface area contributed by atoms with E-state index in [1.165, 1.54) is 25.2 Å². The van der Waals surface area contributed by atoms with Gasteiger partial charge in [-0.05, 0) is 49.2 Å². The van der Waals surface area contributed by atoms with E-state index in [-0.39, 0.29) is 28.2 Å². The van der Waals surface area contributed by atoms with Gasteiger partial charge in [0.15, 0.2) is 0 Å². The number of fused-ring (bicyclic) bond motifs is 1. The SMILES string of the molecule is COC(=O)C1=C(C(=O)OC)N(c2ccc(-c3cc(C(=O)O)c4cc(C)cc(C)c4n3)cc2)C(N)=C(C#N)C1c1ccccc1. The number of carboxylic acids is 1. The van der Waals surface area contributed by atoms with Gasteiger partial charge in [-0.25, -0.2) is 19.4 Å². The molecule has 10 nitrogen and oxygen atoms in total. The van der Waals surface area contributed by atoms with Crippen LogP contribution in [-0.4, -0.2) is 42.2 Å². The van der Waals surface area contributed by atoms with Gasteiger partial charge in [-0.2, -0.15) is 5.26 Å². The molecule has 3 N–H and O–H groups in total. The number of methoxy groups -OCH3 is 2. The monoisotopic (exact) mass is 588 g/mol. The number of anilines is 1. The van der Waals surface area contributed by atoms with Gasteiger partial charge in [0.05, 0.1) is 54.1 Å². The van der Waals surface area contributed by atoms with E-state index in [0.29, 0.717) is 33.4 Å². The summed E-state index contributed by atoms with van der Waals surface area (Å²) in [4.78, 5) is 44.8. The van der Waals surface area contributed by atoms with Gasteiger partial charge >= 0.3 is 17.9 Å². The Morgan fingerprint density at radius 1 is 0.955 bits per heavy atom. The first-order valence-corrected chi connectivity index (χ1v) is 13.5. The summed E-state index contributed by atoms with van der Waals surface area (Å²) in [6.07, 6.45) is 0. The van der Waals surface area contributed by atoms with Crippen LogP contribution in [0, 0.1) is 25.2 Å². The highest BCUT2D eigenvalue weighted by atomic mass is 16.5. The number of aryl methyl sites for hydroxylation is 2. The van der Waals surface area contributed by atoms with Crippen molar-refractivity contribution in [2.75, 3.05) is 19.1 Å². The molecule has 1 aliphatic heterocycles. The number of aromatic nitrogens is 1. The second kappa shape index (κ2) is 11.7. The van der Waals surface area contributed by atoms with Crippen LogP contribution < -0.4 is 10.6 Å². The Bertz CT molecular complexity index is 1940. The number of allylic oxidation sites excluding steroid dienone is 1. The molecule has 0 saturated heterocycles. The third-order valence-corrected chi connectivity index (χ3v) is 7.51. The number of aromatic carboxylic acids is 1. The fourth-order valence-corrected chi connectivity index (χ4v) is 5.57. The molecule has 0 aliphatic carbocycles. The van der Waals surface area contributed by atoms with Crippen molar-refractivity contribution in [2.24, 2.45) is 5.73 Å². The standard InChI is InChI=1S/C34H28N4O6/c1-18-14-19(2)29-23(15-18)24(32(39)40)16-26(37-29)20-10-12-22(13-11-20)38-30(34(42)44-4)28(33(41)43-3)27(25(17-35)31(38)36)21-8-6-5-7-9-21/h5-16,27H,36H2,1-4H3,(H,39,40). The van der Waals surface area contributed by atoms with E-state index in [2.05, 4.69) is 6.07 Å². The van der Waals surface area contributed by atoms with Crippen molar-refractivity contribution in [3.8, 4) is 17.3 Å². The molecule has 220 valence electrons. The number of nitriles is 1. The Labute approximate surface area is 253 Å². The van der Waals surface area contributed by atoms with Gasteiger partial charge in [0, 0.05) is 16.6 Å². The maximum atomic E-state index is 13.3. The number of hydrogen-bond donors (Lipinski definition) is 2. The van der Waals surface area contributed by atoms with E-state index in [4.69, 9.17) is 20.2 Å². The average molecular weight is 589 g/mol. The van der Waals surface area contributed by atoms with Crippen molar-refractivity contribution in [3.05, 3.63) is 118 Å². The van der Waals surface area contributed by atoms with Crippen LogP contribution in [0.4, 0.5) is 5.69 Å². The Morgan fingerprint density at radius 3 is 2.20 bits per heavy atom. The summed E-state index contributed by atoms with van der Waals surface area (Å²) in [5, 5.41) is 20.7. The molecular weight excluding hydrogens is 560 g/mol. The number of pyridine rings is 1. The molecule has 1 aliphatic rings. The van der Waals surface area contributed by atoms with Crippen molar-refractivity contribution in [1.82, 2.24) is 4.98 Å². The largest absolute Gasteiger partial charge is 0.478 e. The molecule has 3 aromatic carbocycles. The van der Waals surface area contributed by atoms with Gasteiger partial charge < -0.3 is 20.3 Å². The number of rotatable bonds is 6. The third kappa shape index (κ3) is 5.01. The first kappa shape index (κ1) is 29.5. The Hall–Kier alpha value is -5.95. The summed E-state index contributed by atoms with van der Waals surface area (Å²) in [5.74, 6) is -3.81. The first-order chi connectivity index (χ1) is 21.1. The molecule has 0 fully saturated rings. The van der Waals surface area contributed by atoms with Gasteiger partial charge in [0.2, 0.25) is 0 Å². The van der Waals surface area contributed by atoms with Crippen LogP contribution in [0.25, 0.3) is 22.2 Å². The topological polar surface area (TPSA) is 156 Å². The maximum absolute atomic E-state index is 13.3. The molecule has 0 amide bonds. The highest BCUT2D eigenvalue weighted by Gasteiger charge is 2.43. The zero-order valence-corrected chi connectivity index (χ0v) is 24.4. The lowest BCUT2D eigenvalue weighted by Gasteiger charge is -2.35. The predicted octanol–water partition coefficient (Wildman–Crippen LogP) is 5.11. The summed E-state index contributed by atoms with van der Waals surface area (Å²) in [7, 11) is 2.36. The summed E-state index contributed by atoms with van der Waals surface area (Å²) in [6, 6.07) is 22.7. The van der Waals surface area contributed by atoms with Crippen LogP contribution in [0.15, 0.2) is 95.5 Å².